The first-order valence-corrected chi connectivity index (χ1v) is 11.8. The highest BCUT2D eigenvalue weighted by molar-refractivity contribution is 8.00. The summed E-state index contributed by atoms with van der Waals surface area (Å²) in [6, 6.07) is 13.8. The Balaban J connectivity index is 1.46. The van der Waals surface area contributed by atoms with Gasteiger partial charge in [-0.3, -0.25) is 9.59 Å². The molecule has 0 N–H and O–H groups in total. The van der Waals surface area contributed by atoms with Crippen LogP contribution in [0.25, 0.3) is 0 Å². The number of hydrogen-bond acceptors (Lipinski definition) is 3. The number of halogens is 1. The lowest BCUT2D eigenvalue weighted by atomic mass is 9.86. The molecule has 0 aromatic heterocycles. The van der Waals surface area contributed by atoms with E-state index in [-0.39, 0.29) is 22.1 Å². The average Bonchev–Trinajstić information content (AvgIpc) is 3.15. The largest absolute Gasteiger partial charge is 0.338 e. The minimum atomic E-state index is -0.403. The smallest absolute Gasteiger partial charge is 0.254 e. The molecule has 2 amide bonds. The number of benzene rings is 2. The molecule has 2 aromatic rings. The SMILES string of the molecule is CC(C)(C)c1ccc(C(=O)N2CCSC23CCN(C(=O)c2cccc(F)c2)CC3)cc1. The van der Waals surface area contributed by atoms with Crippen molar-refractivity contribution in [3.63, 3.8) is 0 Å². The fourth-order valence-corrected chi connectivity index (χ4v) is 5.90. The van der Waals surface area contributed by atoms with Crippen LogP contribution in [0.2, 0.25) is 0 Å². The lowest BCUT2D eigenvalue weighted by Gasteiger charge is -2.44. The number of carbonyl (C=O) groups excluding carboxylic acids is 2. The fraction of sp³-hybridized carbons (Fsp3) is 0.440. The van der Waals surface area contributed by atoms with Crippen molar-refractivity contribution in [3.8, 4) is 0 Å². The summed E-state index contributed by atoms with van der Waals surface area (Å²) in [7, 11) is 0. The van der Waals surface area contributed by atoms with E-state index >= 15 is 0 Å². The molecule has 2 aromatic carbocycles. The average molecular weight is 441 g/mol. The zero-order chi connectivity index (χ0) is 22.2. The van der Waals surface area contributed by atoms with Gasteiger partial charge in [-0.25, -0.2) is 4.39 Å². The molecular weight excluding hydrogens is 411 g/mol. The van der Waals surface area contributed by atoms with Crippen LogP contribution in [0.4, 0.5) is 4.39 Å². The molecule has 4 rings (SSSR count). The van der Waals surface area contributed by atoms with Gasteiger partial charge >= 0.3 is 0 Å². The Bertz CT molecular complexity index is 976. The lowest BCUT2D eigenvalue weighted by Crippen LogP contribution is -2.53. The highest BCUT2D eigenvalue weighted by atomic mass is 32.2. The molecule has 0 saturated carbocycles. The molecule has 0 radical (unpaired) electrons. The van der Waals surface area contributed by atoms with Crippen molar-refractivity contribution in [2.75, 3.05) is 25.4 Å². The Morgan fingerprint density at radius 1 is 0.935 bits per heavy atom. The molecule has 0 aliphatic carbocycles. The Kier molecular flexibility index (Phi) is 5.86. The van der Waals surface area contributed by atoms with Gasteiger partial charge in [-0.05, 0) is 54.2 Å². The van der Waals surface area contributed by atoms with E-state index in [0.717, 1.165) is 25.1 Å². The summed E-state index contributed by atoms with van der Waals surface area (Å²) >= 11 is 1.82. The molecule has 2 saturated heterocycles. The first kappa shape index (κ1) is 21.9. The van der Waals surface area contributed by atoms with E-state index in [0.29, 0.717) is 24.2 Å². The maximum absolute atomic E-state index is 13.5. The van der Waals surface area contributed by atoms with Gasteiger partial charge in [-0.2, -0.15) is 0 Å². The summed E-state index contributed by atoms with van der Waals surface area (Å²) < 4.78 is 13.5. The summed E-state index contributed by atoms with van der Waals surface area (Å²) in [5.74, 6) is 0.423. The van der Waals surface area contributed by atoms with Crippen LogP contribution in [0.3, 0.4) is 0 Å². The predicted octanol–water partition coefficient (Wildman–Crippen LogP) is 4.94. The van der Waals surface area contributed by atoms with Gasteiger partial charge in [0.15, 0.2) is 0 Å². The van der Waals surface area contributed by atoms with Crippen molar-refractivity contribution in [2.45, 2.75) is 43.9 Å². The number of amides is 2. The van der Waals surface area contributed by atoms with Gasteiger partial charge in [-0.1, -0.05) is 39.0 Å². The molecule has 2 aliphatic heterocycles. The van der Waals surface area contributed by atoms with Gasteiger partial charge in [0.05, 0.1) is 4.87 Å². The second-order valence-corrected chi connectivity index (χ2v) is 10.8. The van der Waals surface area contributed by atoms with Crippen LogP contribution >= 0.6 is 11.8 Å². The van der Waals surface area contributed by atoms with Gasteiger partial charge in [0.25, 0.3) is 11.8 Å². The summed E-state index contributed by atoms with van der Waals surface area (Å²) in [5, 5.41) is 0. The number of piperidine rings is 1. The minimum Gasteiger partial charge on any atom is -0.338 e. The van der Waals surface area contributed by atoms with Crippen molar-refractivity contribution in [1.82, 2.24) is 9.80 Å². The molecule has 0 bridgehead atoms. The van der Waals surface area contributed by atoms with Gasteiger partial charge in [-0.15, -0.1) is 11.8 Å². The van der Waals surface area contributed by atoms with Gasteiger partial charge in [0.2, 0.25) is 0 Å². The van der Waals surface area contributed by atoms with Crippen LogP contribution in [0, 0.1) is 5.82 Å². The lowest BCUT2D eigenvalue weighted by molar-refractivity contribution is 0.0497. The summed E-state index contributed by atoms with van der Waals surface area (Å²) in [6.07, 6.45) is 1.45. The van der Waals surface area contributed by atoms with Crippen molar-refractivity contribution < 1.29 is 14.0 Å². The van der Waals surface area contributed by atoms with Crippen LogP contribution in [-0.4, -0.2) is 51.9 Å². The summed E-state index contributed by atoms with van der Waals surface area (Å²) in [4.78, 5) is 29.6. The number of carbonyl (C=O) groups is 2. The van der Waals surface area contributed by atoms with E-state index in [1.807, 2.05) is 40.9 Å². The van der Waals surface area contributed by atoms with Crippen LogP contribution < -0.4 is 0 Å². The number of hydrogen-bond donors (Lipinski definition) is 0. The highest BCUT2D eigenvalue weighted by Gasteiger charge is 2.47. The Hall–Kier alpha value is -2.34. The van der Waals surface area contributed by atoms with Crippen molar-refractivity contribution in [2.24, 2.45) is 0 Å². The fourth-order valence-electron chi connectivity index (χ4n) is 4.44. The number of rotatable bonds is 2. The highest BCUT2D eigenvalue weighted by Crippen LogP contribution is 2.44. The second-order valence-electron chi connectivity index (χ2n) is 9.38. The van der Waals surface area contributed by atoms with E-state index in [2.05, 4.69) is 20.8 Å². The van der Waals surface area contributed by atoms with E-state index in [1.165, 1.54) is 17.7 Å². The molecule has 0 atom stereocenters. The Morgan fingerprint density at radius 3 is 2.23 bits per heavy atom. The van der Waals surface area contributed by atoms with Gasteiger partial charge in [0, 0.05) is 36.5 Å². The molecule has 2 fully saturated rings. The van der Waals surface area contributed by atoms with Gasteiger partial charge in [0.1, 0.15) is 5.82 Å². The third-order valence-corrected chi connectivity index (χ3v) is 7.88. The predicted molar refractivity (Wildman–Crippen MR) is 123 cm³/mol. The van der Waals surface area contributed by atoms with Crippen LogP contribution in [0.5, 0.6) is 0 Å². The van der Waals surface area contributed by atoms with E-state index in [1.54, 1.807) is 17.0 Å². The maximum Gasteiger partial charge on any atom is 0.254 e. The summed E-state index contributed by atoms with van der Waals surface area (Å²) in [6.45, 7) is 8.34. The Labute approximate surface area is 187 Å². The number of nitrogens with zero attached hydrogens (tertiary/aromatic N) is 2. The monoisotopic (exact) mass is 440 g/mol. The summed E-state index contributed by atoms with van der Waals surface area (Å²) in [5.41, 5.74) is 2.35. The molecule has 31 heavy (non-hydrogen) atoms. The maximum atomic E-state index is 13.5. The zero-order valence-electron chi connectivity index (χ0n) is 18.4. The third-order valence-electron chi connectivity index (χ3n) is 6.32. The van der Waals surface area contributed by atoms with Crippen LogP contribution in [-0.2, 0) is 5.41 Å². The van der Waals surface area contributed by atoms with Crippen molar-refractivity contribution >= 4 is 23.6 Å². The van der Waals surface area contributed by atoms with Crippen molar-refractivity contribution in [3.05, 3.63) is 71.0 Å². The van der Waals surface area contributed by atoms with E-state index in [9.17, 15) is 14.0 Å². The first-order valence-electron chi connectivity index (χ1n) is 10.8. The van der Waals surface area contributed by atoms with E-state index < -0.39 is 5.82 Å². The van der Waals surface area contributed by atoms with Crippen LogP contribution in [0.1, 0.15) is 59.9 Å². The standard InChI is InChI=1S/C25H29FN2O2S/c1-24(2,3)20-9-7-18(8-10-20)23(30)28-15-16-31-25(28)11-13-27(14-12-25)22(29)19-5-4-6-21(26)17-19/h4-10,17H,11-16H2,1-3H3. The van der Waals surface area contributed by atoms with Crippen molar-refractivity contribution in [1.29, 1.82) is 0 Å². The molecule has 2 aliphatic rings. The van der Waals surface area contributed by atoms with E-state index in [4.69, 9.17) is 0 Å². The Morgan fingerprint density at radius 2 is 1.61 bits per heavy atom. The van der Waals surface area contributed by atoms with Gasteiger partial charge < -0.3 is 9.80 Å². The molecule has 2 heterocycles. The third kappa shape index (κ3) is 4.36. The minimum absolute atomic E-state index is 0.0489. The number of thioether (sulfide) groups is 1. The molecule has 1 spiro atoms. The topological polar surface area (TPSA) is 40.6 Å². The molecule has 0 unspecified atom stereocenters. The quantitative estimate of drug-likeness (QED) is 0.664. The molecular formula is C25H29FN2O2S. The normalized spacial score (nSPS) is 18.5. The molecule has 164 valence electrons. The zero-order valence-corrected chi connectivity index (χ0v) is 19.2. The first-order chi connectivity index (χ1) is 14.7. The second kappa shape index (κ2) is 8.30. The van der Waals surface area contributed by atoms with Crippen LogP contribution in [0.15, 0.2) is 48.5 Å². The molecule has 4 nitrogen and oxygen atoms in total. The molecule has 6 heteroatoms. The number of likely N-dealkylation sites (tertiary alicyclic amines) is 1.